The summed E-state index contributed by atoms with van der Waals surface area (Å²) in [6.07, 6.45) is 1.29. The molecular formula is C10H18O4. The normalized spacial score (nSPS) is 18.1. The largest absolute Gasteiger partial charge is 0.495 e. The van der Waals surface area contributed by atoms with E-state index in [-0.39, 0.29) is 0 Å². The van der Waals surface area contributed by atoms with E-state index in [2.05, 4.69) is 0 Å². The van der Waals surface area contributed by atoms with Crippen molar-refractivity contribution < 1.29 is 19.3 Å². The first-order valence-electron chi connectivity index (χ1n) is 5.03. The van der Waals surface area contributed by atoms with Gasteiger partial charge in [-0.3, -0.25) is 0 Å². The van der Waals surface area contributed by atoms with Gasteiger partial charge in [-0.25, -0.2) is 0 Å². The van der Waals surface area contributed by atoms with Crippen LogP contribution < -0.4 is 0 Å². The predicted molar refractivity (Wildman–Crippen MR) is 51.7 cm³/mol. The van der Waals surface area contributed by atoms with E-state index in [4.69, 9.17) is 14.2 Å². The Labute approximate surface area is 84.5 Å². The first kappa shape index (κ1) is 11.5. The van der Waals surface area contributed by atoms with Crippen LogP contribution in [0.2, 0.25) is 0 Å². The van der Waals surface area contributed by atoms with E-state index in [1.165, 1.54) is 0 Å². The molecule has 14 heavy (non-hydrogen) atoms. The van der Waals surface area contributed by atoms with Crippen LogP contribution in [0.15, 0.2) is 11.8 Å². The van der Waals surface area contributed by atoms with Crippen molar-refractivity contribution in [1.29, 1.82) is 0 Å². The Hall–Kier alpha value is -0.580. The molecule has 1 atom stereocenters. The van der Waals surface area contributed by atoms with E-state index in [0.29, 0.717) is 25.6 Å². The highest BCUT2D eigenvalue weighted by molar-refractivity contribution is 5.05. The molecule has 1 N–H and O–H groups in total. The summed E-state index contributed by atoms with van der Waals surface area (Å²) in [7, 11) is 0. The van der Waals surface area contributed by atoms with Crippen LogP contribution in [0, 0.1) is 0 Å². The Morgan fingerprint density at radius 3 is 2.50 bits per heavy atom. The summed E-state index contributed by atoms with van der Waals surface area (Å²) in [4.78, 5) is 0. The minimum absolute atomic E-state index is 0.509. The molecule has 4 nitrogen and oxygen atoms in total. The van der Waals surface area contributed by atoms with Crippen LogP contribution in [0.3, 0.4) is 0 Å². The maximum absolute atomic E-state index is 9.83. The fourth-order valence-electron chi connectivity index (χ4n) is 1.34. The summed E-state index contributed by atoms with van der Waals surface area (Å²) < 4.78 is 15.8. The lowest BCUT2D eigenvalue weighted by atomic mass is 10.2. The zero-order valence-electron chi connectivity index (χ0n) is 8.73. The van der Waals surface area contributed by atoms with Crippen molar-refractivity contribution in [2.24, 2.45) is 0 Å². The van der Waals surface area contributed by atoms with Gasteiger partial charge < -0.3 is 19.3 Å². The molecule has 0 spiro atoms. The van der Waals surface area contributed by atoms with Crippen LogP contribution in [0.25, 0.3) is 0 Å². The Morgan fingerprint density at radius 2 is 2.07 bits per heavy atom. The molecule has 1 rings (SSSR count). The van der Waals surface area contributed by atoms with Crippen LogP contribution in [0.4, 0.5) is 0 Å². The van der Waals surface area contributed by atoms with Gasteiger partial charge in [0.05, 0.1) is 6.61 Å². The number of rotatable bonds is 6. The van der Waals surface area contributed by atoms with Gasteiger partial charge in [0.1, 0.15) is 5.76 Å². The Balaban J connectivity index is 2.48. The molecular weight excluding hydrogens is 184 g/mol. The van der Waals surface area contributed by atoms with Gasteiger partial charge >= 0.3 is 0 Å². The SMILES string of the molecule is CCOC(OCC)C(O)C1=CCCO1. The number of ether oxygens (including phenoxy) is 3. The van der Waals surface area contributed by atoms with Gasteiger partial charge in [-0.05, 0) is 19.9 Å². The highest BCUT2D eigenvalue weighted by Crippen LogP contribution is 2.18. The molecule has 0 saturated heterocycles. The van der Waals surface area contributed by atoms with E-state index in [9.17, 15) is 5.11 Å². The highest BCUT2D eigenvalue weighted by Gasteiger charge is 2.26. The molecule has 0 bridgehead atoms. The van der Waals surface area contributed by atoms with Gasteiger partial charge in [0.25, 0.3) is 0 Å². The van der Waals surface area contributed by atoms with Crippen molar-refractivity contribution in [2.75, 3.05) is 19.8 Å². The van der Waals surface area contributed by atoms with Crippen LogP contribution >= 0.6 is 0 Å². The summed E-state index contributed by atoms with van der Waals surface area (Å²) in [5.41, 5.74) is 0. The van der Waals surface area contributed by atoms with Gasteiger partial charge in [-0.2, -0.15) is 0 Å². The van der Waals surface area contributed by atoms with E-state index < -0.39 is 12.4 Å². The topological polar surface area (TPSA) is 47.9 Å². The number of aliphatic hydroxyl groups excluding tert-OH is 1. The fraction of sp³-hybridized carbons (Fsp3) is 0.800. The number of hydrogen-bond donors (Lipinski definition) is 1. The van der Waals surface area contributed by atoms with Crippen molar-refractivity contribution in [1.82, 2.24) is 0 Å². The van der Waals surface area contributed by atoms with Crippen LogP contribution in [0.5, 0.6) is 0 Å². The quantitative estimate of drug-likeness (QED) is 0.654. The molecule has 1 aliphatic rings. The summed E-state index contributed by atoms with van der Waals surface area (Å²) >= 11 is 0. The second-order valence-corrected chi connectivity index (χ2v) is 2.97. The molecule has 1 aliphatic heterocycles. The molecule has 0 saturated carbocycles. The maximum Gasteiger partial charge on any atom is 0.190 e. The summed E-state index contributed by atoms with van der Waals surface area (Å²) in [6.45, 7) is 5.38. The van der Waals surface area contributed by atoms with E-state index in [1.807, 2.05) is 19.9 Å². The second kappa shape index (κ2) is 6.01. The van der Waals surface area contributed by atoms with Crippen LogP contribution in [-0.4, -0.2) is 37.3 Å². The van der Waals surface area contributed by atoms with Gasteiger partial charge in [0.2, 0.25) is 0 Å². The third-order valence-corrected chi connectivity index (χ3v) is 1.94. The highest BCUT2D eigenvalue weighted by atomic mass is 16.7. The zero-order chi connectivity index (χ0) is 10.4. The standard InChI is InChI=1S/C10H18O4/c1-3-12-10(13-4-2)9(11)8-6-5-7-14-8/h6,9-11H,3-5,7H2,1-2H3. The van der Waals surface area contributed by atoms with Crippen LogP contribution in [-0.2, 0) is 14.2 Å². The monoisotopic (exact) mass is 202 g/mol. The molecule has 82 valence electrons. The first-order valence-corrected chi connectivity index (χ1v) is 5.03. The van der Waals surface area contributed by atoms with Gasteiger partial charge in [0, 0.05) is 19.6 Å². The average molecular weight is 202 g/mol. The third-order valence-electron chi connectivity index (χ3n) is 1.94. The Kier molecular flexibility index (Phi) is 4.93. The predicted octanol–water partition coefficient (Wildman–Crippen LogP) is 1.05. The Bertz CT molecular complexity index is 185. The second-order valence-electron chi connectivity index (χ2n) is 2.97. The molecule has 0 aromatic carbocycles. The van der Waals surface area contributed by atoms with E-state index >= 15 is 0 Å². The molecule has 0 fully saturated rings. The molecule has 1 unspecified atom stereocenters. The van der Waals surface area contributed by atoms with Crippen LogP contribution in [0.1, 0.15) is 20.3 Å². The molecule has 0 radical (unpaired) electrons. The fourth-order valence-corrected chi connectivity index (χ4v) is 1.34. The molecule has 1 heterocycles. The molecule has 0 aromatic rings. The summed E-state index contributed by atoms with van der Waals surface area (Å²) in [5, 5.41) is 9.83. The lowest BCUT2D eigenvalue weighted by Gasteiger charge is -2.22. The maximum atomic E-state index is 9.83. The minimum Gasteiger partial charge on any atom is -0.495 e. The number of aliphatic hydroxyl groups is 1. The average Bonchev–Trinajstić information content (AvgIpc) is 2.69. The summed E-state index contributed by atoms with van der Waals surface area (Å²) in [6, 6.07) is 0. The van der Waals surface area contributed by atoms with E-state index in [1.54, 1.807) is 0 Å². The lowest BCUT2D eigenvalue weighted by molar-refractivity contribution is -0.187. The van der Waals surface area contributed by atoms with Crippen molar-refractivity contribution in [3.63, 3.8) is 0 Å². The molecule has 0 amide bonds. The van der Waals surface area contributed by atoms with Crippen molar-refractivity contribution in [3.05, 3.63) is 11.8 Å². The minimum atomic E-state index is -0.808. The van der Waals surface area contributed by atoms with Gasteiger partial charge in [0.15, 0.2) is 12.4 Å². The van der Waals surface area contributed by atoms with Crippen molar-refractivity contribution >= 4 is 0 Å². The smallest absolute Gasteiger partial charge is 0.190 e. The zero-order valence-corrected chi connectivity index (χ0v) is 8.73. The third kappa shape index (κ3) is 2.97. The van der Waals surface area contributed by atoms with Gasteiger partial charge in [-0.15, -0.1) is 0 Å². The van der Waals surface area contributed by atoms with Gasteiger partial charge in [-0.1, -0.05) is 0 Å². The van der Waals surface area contributed by atoms with Crippen molar-refractivity contribution in [2.45, 2.75) is 32.7 Å². The Morgan fingerprint density at radius 1 is 1.43 bits per heavy atom. The van der Waals surface area contributed by atoms with Crippen molar-refractivity contribution in [3.8, 4) is 0 Å². The summed E-state index contributed by atoms with van der Waals surface area (Å²) in [5.74, 6) is 0.567. The first-order chi connectivity index (χ1) is 6.79. The molecule has 0 aromatic heterocycles. The molecule has 4 heteroatoms. The van der Waals surface area contributed by atoms with E-state index in [0.717, 1.165) is 6.42 Å². The molecule has 0 aliphatic carbocycles. The number of hydrogen-bond acceptors (Lipinski definition) is 4. The lowest BCUT2D eigenvalue weighted by Crippen LogP contribution is -2.33.